The van der Waals surface area contributed by atoms with Gasteiger partial charge in [0.1, 0.15) is 12.7 Å². The summed E-state index contributed by atoms with van der Waals surface area (Å²) in [6.45, 7) is 0.339. The number of aliphatic hydroxyl groups excluding tert-OH is 2. The zero-order valence-corrected chi connectivity index (χ0v) is 13.6. The molecule has 0 aliphatic heterocycles. The molecule has 2 aromatic rings. The number of nitrogens with one attached hydrogen (secondary N) is 1. The lowest BCUT2D eigenvalue weighted by Crippen LogP contribution is -2.29. The molecule has 1 amide bonds. The molecule has 6 heteroatoms. The zero-order valence-electron chi connectivity index (χ0n) is 13.6. The Morgan fingerprint density at radius 3 is 2.44 bits per heavy atom. The van der Waals surface area contributed by atoms with Crippen LogP contribution in [0.1, 0.15) is 29.2 Å². The van der Waals surface area contributed by atoms with Gasteiger partial charge in [0.15, 0.2) is 0 Å². The number of aliphatic hydroxyl groups is 2. The van der Waals surface area contributed by atoms with Crippen molar-refractivity contribution in [3.8, 4) is 6.07 Å². The van der Waals surface area contributed by atoms with Crippen molar-refractivity contribution in [1.29, 1.82) is 5.26 Å². The molecule has 0 heterocycles. The van der Waals surface area contributed by atoms with Crippen LogP contribution < -0.4 is 5.32 Å². The van der Waals surface area contributed by atoms with E-state index in [9.17, 15) is 15.0 Å². The van der Waals surface area contributed by atoms with Crippen LogP contribution in [0.2, 0.25) is 0 Å². The van der Waals surface area contributed by atoms with Crippen LogP contribution in [0, 0.1) is 11.3 Å². The predicted octanol–water partition coefficient (Wildman–Crippen LogP) is 2.27. The number of ether oxygens (including phenoxy) is 1. The second-order valence-electron chi connectivity index (χ2n) is 5.52. The van der Waals surface area contributed by atoms with E-state index in [-0.39, 0.29) is 19.6 Å². The second-order valence-corrected chi connectivity index (χ2v) is 5.52. The number of hydrogen-bond acceptors (Lipinski definition) is 5. The van der Waals surface area contributed by atoms with Crippen molar-refractivity contribution in [3.05, 3.63) is 71.3 Å². The topological polar surface area (TPSA) is 103 Å². The van der Waals surface area contributed by atoms with Crippen LogP contribution in [-0.4, -0.2) is 29.0 Å². The molecule has 0 saturated carbocycles. The third kappa shape index (κ3) is 5.92. The minimum absolute atomic E-state index is 0.168. The van der Waals surface area contributed by atoms with Crippen molar-refractivity contribution >= 4 is 6.09 Å². The summed E-state index contributed by atoms with van der Waals surface area (Å²) in [4.78, 5) is 11.6. The van der Waals surface area contributed by atoms with Gasteiger partial charge in [-0.2, -0.15) is 5.26 Å². The van der Waals surface area contributed by atoms with Crippen molar-refractivity contribution in [2.24, 2.45) is 0 Å². The maximum absolute atomic E-state index is 11.6. The van der Waals surface area contributed by atoms with Crippen molar-refractivity contribution in [3.63, 3.8) is 0 Å². The SMILES string of the molecule is N#Cc1ccc(C(O)C(O)CCNC(=O)OCc2ccccc2)cc1. The van der Waals surface area contributed by atoms with Gasteiger partial charge in [-0.25, -0.2) is 4.79 Å². The van der Waals surface area contributed by atoms with Crippen molar-refractivity contribution in [2.45, 2.75) is 25.2 Å². The molecule has 6 nitrogen and oxygen atoms in total. The largest absolute Gasteiger partial charge is 0.445 e. The van der Waals surface area contributed by atoms with Gasteiger partial charge in [-0.1, -0.05) is 42.5 Å². The molecule has 0 aromatic heterocycles. The van der Waals surface area contributed by atoms with Gasteiger partial charge in [0.25, 0.3) is 0 Å². The number of carbonyl (C=O) groups is 1. The number of nitrogens with zero attached hydrogens (tertiary/aromatic N) is 1. The number of rotatable bonds is 7. The van der Waals surface area contributed by atoms with E-state index < -0.39 is 18.3 Å². The summed E-state index contributed by atoms with van der Waals surface area (Å²) in [7, 11) is 0. The number of amides is 1. The third-order valence-corrected chi connectivity index (χ3v) is 3.67. The van der Waals surface area contributed by atoms with Crippen LogP contribution in [-0.2, 0) is 11.3 Å². The lowest BCUT2D eigenvalue weighted by molar-refractivity contribution is 0.0136. The summed E-state index contributed by atoms with van der Waals surface area (Å²) in [5.74, 6) is 0. The Morgan fingerprint density at radius 1 is 1.12 bits per heavy atom. The molecule has 2 unspecified atom stereocenters. The predicted molar refractivity (Wildman–Crippen MR) is 91.4 cm³/mol. The summed E-state index contributed by atoms with van der Waals surface area (Å²) in [6, 6.07) is 17.6. The molecule has 130 valence electrons. The Kier molecular flexibility index (Phi) is 6.96. The molecular formula is C19H20N2O4. The van der Waals surface area contributed by atoms with E-state index in [0.29, 0.717) is 11.1 Å². The van der Waals surface area contributed by atoms with Crippen LogP contribution in [0.5, 0.6) is 0 Å². The highest BCUT2D eigenvalue weighted by molar-refractivity contribution is 5.67. The first kappa shape index (κ1) is 18.5. The van der Waals surface area contributed by atoms with Crippen LogP contribution in [0.15, 0.2) is 54.6 Å². The van der Waals surface area contributed by atoms with E-state index >= 15 is 0 Å². The third-order valence-electron chi connectivity index (χ3n) is 3.67. The molecule has 2 rings (SSSR count). The van der Waals surface area contributed by atoms with Crippen LogP contribution >= 0.6 is 0 Å². The molecule has 0 aliphatic carbocycles. The lowest BCUT2D eigenvalue weighted by atomic mass is 10.0. The van der Waals surface area contributed by atoms with E-state index in [0.717, 1.165) is 5.56 Å². The smallest absolute Gasteiger partial charge is 0.407 e. The summed E-state index contributed by atoms with van der Waals surface area (Å²) in [5, 5.41) is 31.4. The summed E-state index contributed by atoms with van der Waals surface area (Å²) < 4.78 is 5.06. The molecule has 0 spiro atoms. The maximum Gasteiger partial charge on any atom is 0.407 e. The first-order valence-electron chi connectivity index (χ1n) is 7.91. The van der Waals surface area contributed by atoms with Gasteiger partial charge in [-0.05, 0) is 29.7 Å². The molecule has 0 aliphatic rings. The number of nitriles is 1. The number of alkyl carbamates (subject to hydrolysis) is 1. The van der Waals surface area contributed by atoms with E-state index in [4.69, 9.17) is 10.00 Å². The average molecular weight is 340 g/mol. The van der Waals surface area contributed by atoms with E-state index in [1.807, 2.05) is 36.4 Å². The minimum atomic E-state index is -1.09. The highest BCUT2D eigenvalue weighted by atomic mass is 16.5. The summed E-state index contributed by atoms with van der Waals surface area (Å²) in [6.07, 6.45) is -2.54. The van der Waals surface area contributed by atoms with Gasteiger partial charge in [-0.3, -0.25) is 0 Å². The molecule has 25 heavy (non-hydrogen) atoms. The Hall–Kier alpha value is -2.88. The van der Waals surface area contributed by atoms with Crippen molar-refractivity contribution in [2.75, 3.05) is 6.54 Å². The van der Waals surface area contributed by atoms with Gasteiger partial charge in [-0.15, -0.1) is 0 Å². The Labute approximate surface area is 146 Å². The summed E-state index contributed by atoms with van der Waals surface area (Å²) >= 11 is 0. The van der Waals surface area contributed by atoms with Crippen LogP contribution in [0.3, 0.4) is 0 Å². The highest BCUT2D eigenvalue weighted by Gasteiger charge is 2.18. The minimum Gasteiger partial charge on any atom is -0.445 e. The van der Waals surface area contributed by atoms with Crippen LogP contribution in [0.25, 0.3) is 0 Å². The van der Waals surface area contributed by atoms with Crippen molar-refractivity contribution < 1.29 is 19.7 Å². The number of carbonyl (C=O) groups excluding carboxylic acids is 1. The van der Waals surface area contributed by atoms with Crippen LogP contribution in [0.4, 0.5) is 4.79 Å². The maximum atomic E-state index is 11.6. The first-order valence-corrected chi connectivity index (χ1v) is 7.91. The number of benzene rings is 2. The molecule has 2 aromatic carbocycles. The standard InChI is InChI=1S/C19H20N2O4/c20-12-14-6-8-16(9-7-14)18(23)17(22)10-11-21-19(24)25-13-15-4-2-1-3-5-15/h1-9,17-18,22-23H,10-11,13H2,(H,21,24). The zero-order chi connectivity index (χ0) is 18.1. The molecule has 0 saturated heterocycles. The monoisotopic (exact) mass is 340 g/mol. The molecular weight excluding hydrogens is 320 g/mol. The van der Waals surface area contributed by atoms with E-state index in [1.165, 1.54) is 0 Å². The van der Waals surface area contributed by atoms with Gasteiger partial charge in [0.2, 0.25) is 0 Å². The Morgan fingerprint density at radius 2 is 1.80 bits per heavy atom. The lowest BCUT2D eigenvalue weighted by Gasteiger charge is -2.18. The molecule has 0 fully saturated rings. The quantitative estimate of drug-likeness (QED) is 0.717. The highest BCUT2D eigenvalue weighted by Crippen LogP contribution is 2.19. The average Bonchev–Trinajstić information content (AvgIpc) is 2.66. The molecule has 0 bridgehead atoms. The van der Waals surface area contributed by atoms with E-state index in [1.54, 1.807) is 24.3 Å². The Balaban J connectivity index is 1.71. The first-order chi connectivity index (χ1) is 12.1. The number of hydrogen-bond donors (Lipinski definition) is 3. The van der Waals surface area contributed by atoms with Gasteiger partial charge in [0.05, 0.1) is 17.7 Å². The Bertz CT molecular complexity index is 710. The fourth-order valence-corrected chi connectivity index (χ4v) is 2.23. The van der Waals surface area contributed by atoms with Gasteiger partial charge < -0.3 is 20.3 Å². The molecule has 2 atom stereocenters. The fourth-order valence-electron chi connectivity index (χ4n) is 2.23. The fraction of sp³-hybridized carbons (Fsp3) is 0.263. The normalized spacial score (nSPS) is 12.7. The molecule has 0 radical (unpaired) electrons. The van der Waals surface area contributed by atoms with Gasteiger partial charge in [0, 0.05) is 6.54 Å². The summed E-state index contributed by atoms with van der Waals surface area (Å²) in [5.41, 5.74) is 1.88. The van der Waals surface area contributed by atoms with E-state index in [2.05, 4.69) is 5.32 Å². The van der Waals surface area contributed by atoms with Gasteiger partial charge >= 0.3 is 6.09 Å². The van der Waals surface area contributed by atoms with Crippen molar-refractivity contribution in [1.82, 2.24) is 5.32 Å². The molecule has 3 N–H and O–H groups in total. The second kappa shape index (κ2) is 9.42.